The number of amides is 1. The van der Waals surface area contributed by atoms with E-state index in [-0.39, 0.29) is 0 Å². The average molecular weight is 201 g/mol. The van der Waals surface area contributed by atoms with Gasteiger partial charge in [0, 0.05) is 6.04 Å². The first kappa shape index (κ1) is 10.8. The first-order valence-electron chi connectivity index (χ1n) is 4.73. The summed E-state index contributed by atoms with van der Waals surface area (Å²) in [7, 11) is 0. The molecule has 0 spiro atoms. The summed E-state index contributed by atoms with van der Waals surface area (Å²) in [6.45, 7) is 1.99. The molecule has 0 aromatic carbocycles. The fraction of sp³-hybridized carbons (Fsp3) is 0.778. The van der Waals surface area contributed by atoms with Gasteiger partial charge in [-0.05, 0) is 25.2 Å². The normalized spacial score (nSPS) is 32.2. The van der Waals surface area contributed by atoms with E-state index in [9.17, 15) is 9.59 Å². The first-order valence-corrected chi connectivity index (χ1v) is 4.73. The van der Waals surface area contributed by atoms with Crippen molar-refractivity contribution in [3.05, 3.63) is 0 Å². The molecule has 0 radical (unpaired) electrons. The van der Waals surface area contributed by atoms with Crippen LogP contribution in [0.1, 0.15) is 26.2 Å². The number of carbonyl (C=O) groups is 2. The summed E-state index contributed by atoms with van der Waals surface area (Å²) >= 11 is 0. The smallest absolute Gasteiger partial charge is 0.404 e. The third-order valence-electron chi connectivity index (χ3n) is 2.74. The third kappa shape index (κ3) is 2.61. The van der Waals surface area contributed by atoms with Crippen LogP contribution < -0.4 is 5.32 Å². The minimum absolute atomic E-state index is 0.364. The monoisotopic (exact) mass is 201 g/mol. The van der Waals surface area contributed by atoms with Gasteiger partial charge in [-0.3, -0.25) is 4.79 Å². The predicted octanol–water partition coefficient (Wildman–Crippen LogP) is 1.14. The van der Waals surface area contributed by atoms with Crippen molar-refractivity contribution < 1.29 is 19.8 Å². The number of aliphatic carboxylic acids is 1. The van der Waals surface area contributed by atoms with Crippen molar-refractivity contribution in [3.63, 3.8) is 0 Å². The molecular formula is C9H15NO4. The highest BCUT2D eigenvalue weighted by molar-refractivity contribution is 5.73. The molecule has 0 saturated heterocycles. The van der Waals surface area contributed by atoms with Crippen LogP contribution in [0.15, 0.2) is 0 Å². The Bertz CT molecular complexity index is 241. The highest BCUT2D eigenvalue weighted by atomic mass is 16.4. The maximum atomic E-state index is 10.9. The second kappa shape index (κ2) is 4.30. The molecule has 14 heavy (non-hydrogen) atoms. The summed E-state index contributed by atoms with van der Waals surface area (Å²) < 4.78 is 0. The van der Waals surface area contributed by atoms with Gasteiger partial charge in [0.2, 0.25) is 0 Å². The van der Waals surface area contributed by atoms with E-state index in [0.717, 1.165) is 6.42 Å². The summed E-state index contributed by atoms with van der Waals surface area (Å²) in [4.78, 5) is 21.3. The van der Waals surface area contributed by atoms with Crippen molar-refractivity contribution in [2.75, 3.05) is 0 Å². The Morgan fingerprint density at radius 1 is 1.29 bits per heavy atom. The van der Waals surface area contributed by atoms with Gasteiger partial charge in [-0.1, -0.05) is 6.92 Å². The largest absolute Gasteiger partial charge is 0.481 e. The lowest BCUT2D eigenvalue weighted by Gasteiger charge is -2.31. The molecule has 0 aliphatic heterocycles. The zero-order valence-electron chi connectivity index (χ0n) is 8.06. The van der Waals surface area contributed by atoms with Crippen molar-refractivity contribution in [1.82, 2.24) is 5.32 Å². The molecule has 5 nitrogen and oxygen atoms in total. The van der Waals surface area contributed by atoms with Crippen molar-refractivity contribution in [3.8, 4) is 0 Å². The van der Waals surface area contributed by atoms with Gasteiger partial charge in [0.1, 0.15) is 0 Å². The molecule has 0 bridgehead atoms. The third-order valence-corrected chi connectivity index (χ3v) is 2.74. The SMILES string of the molecule is CC1CCC(NC(=O)O)C(C(=O)O)C1. The van der Waals surface area contributed by atoms with Gasteiger partial charge in [-0.25, -0.2) is 4.79 Å². The molecule has 0 aromatic rings. The fourth-order valence-corrected chi connectivity index (χ4v) is 1.99. The quantitative estimate of drug-likeness (QED) is 0.625. The Labute approximate surface area is 82.1 Å². The molecule has 3 N–H and O–H groups in total. The molecule has 80 valence electrons. The van der Waals surface area contributed by atoms with Gasteiger partial charge in [0.05, 0.1) is 5.92 Å². The number of hydrogen-bond acceptors (Lipinski definition) is 2. The Morgan fingerprint density at radius 3 is 2.43 bits per heavy atom. The van der Waals surface area contributed by atoms with Crippen molar-refractivity contribution in [2.45, 2.75) is 32.2 Å². The minimum atomic E-state index is -1.14. The highest BCUT2D eigenvalue weighted by Gasteiger charge is 2.34. The van der Waals surface area contributed by atoms with Crippen LogP contribution in [0.5, 0.6) is 0 Å². The molecule has 1 aliphatic rings. The van der Waals surface area contributed by atoms with Crippen LogP contribution in [0.2, 0.25) is 0 Å². The van der Waals surface area contributed by atoms with E-state index < -0.39 is 24.0 Å². The average Bonchev–Trinajstić information content (AvgIpc) is 2.07. The number of nitrogens with one attached hydrogen (secondary N) is 1. The number of carboxylic acids is 1. The molecule has 1 rings (SSSR count). The lowest BCUT2D eigenvalue weighted by molar-refractivity contribution is -0.144. The van der Waals surface area contributed by atoms with E-state index in [1.54, 1.807) is 0 Å². The molecule has 1 fully saturated rings. The first-order chi connectivity index (χ1) is 6.50. The molecule has 1 aliphatic carbocycles. The van der Waals surface area contributed by atoms with Crippen LogP contribution in [0.25, 0.3) is 0 Å². The van der Waals surface area contributed by atoms with Gasteiger partial charge in [-0.15, -0.1) is 0 Å². The zero-order valence-corrected chi connectivity index (χ0v) is 8.06. The van der Waals surface area contributed by atoms with E-state index in [4.69, 9.17) is 10.2 Å². The molecule has 1 amide bonds. The van der Waals surface area contributed by atoms with E-state index in [1.807, 2.05) is 6.92 Å². The topological polar surface area (TPSA) is 86.6 Å². The molecule has 5 heteroatoms. The van der Waals surface area contributed by atoms with Crippen LogP contribution >= 0.6 is 0 Å². The number of hydrogen-bond donors (Lipinski definition) is 3. The summed E-state index contributed by atoms with van der Waals surface area (Å²) in [5.41, 5.74) is 0. The zero-order chi connectivity index (χ0) is 10.7. The number of carboxylic acid groups (broad SMARTS) is 2. The second-order valence-electron chi connectivity index (χ2n) is 3.92. The van der Waals surface area contributed by atoms with Crippen LogP contribution in [0.4, 0.5) is 4.79 Å². The van der Waals surface area contributed by atoms with Gasteiger partial charge in [0.15, 0.2) is 0 Å². The summed E-state index contributed by atoms with van der Waals surface area (Å²) in [6.07, 6.45) is 0.912. The lowest BCUT2D eigenvalue weighted by atomic mass is 9.79. The van der Waals surface area contributed by atoms with Crippen LogP contribution in [-0.2, 0) is 4.79 Å². The van der Waals surface area contributed by atoms with Crippen LogP contribution in [-0.4, -0.2) is 28.3 Å². The minimum Gasteiger partial charge on any atom is -0.481 e. The summed E-state index contributed by atoms with van der Waals surface area (Å²) in [6, 6.07) is -0.429. The standard InChI is InChI=1S/C9H15NO4/c1-5-2-3-7(10-9(13)14)6(4-5)8(11)12/h5-7,10H,2-4H2,1H3,(H,11,12)(H,13,14). The molecule has 3 atom stereocenters. The molecule has 3 unspecified atom stereocenters. The Balaban J connectivity index is 2.62. The molecule has 0 heterocycles. The van der Waals surface area contributed by atoms with Gasteiger partial charge in [0.25, 0.3) is 0 Å². The van der Waals surface area contributed by atoms with Gasteiger partial charge >= 0.3 is 12.1 Å². The van der Waals surface area contributed by atoms with Crippen LogP contribution in [0, 0.1) is 11.8 Å². The van der Waals surface area contributed by atoms with E-state index in [0.29, 0.717) is 18.8 Å². The highest BCUT2D eigenvalue weighted by Crippen LogP contribution is 2.29. The van der Waals surface area contributed by atoms with Crippen molar-refractivity contribution >= 4 is 12.1 Å². The predicted molar refractivity (Wildman–Crippen MR) is 49.1 cm³/mol. The Kier molecular flexibility index (Phi) is 3.33. The van der Waals surface area contributed by atoms with E-state index in [2.05, 4.69) is 5.32 Å². The van der Waals surface area contributed by atoms with Crippen molar-refractivity contribution in [2.24, 2.45) is 11.8 Å². The van der Waals surface area contributed by atoms with E-state index >= 15 is 0 Å². The summed E-state index contributed by atoms with van der Waals surface area (Å²) in [5.74, 6) is -1.12. The molecule has 0 aromatic heterocycles. The van der Waals surface area contributed by atoms with E-state index in [1.165, 1.54) is 0 Å². The second-order valence-corrected chi connectivity index (χ2v) is 3.92. The Morgan fingerprint density at radius 2 is 1.93 bits per heavy atom. The maximum absolute atomic E-state index is 10.9. The number of rotatable bonds is 2. The Hall–Kier alpha value is -1.26. The van der Waals surface area contributed by atoms with Gasteiger partial charge in [-0.2, -0.15) is 0 Å². The fourth-order valence-electron chi connectivity index (χ4n) is 1.99. The lowest BCUT2D eigenvalue weighted by Crippen LogP contribution is -2.45. The molecule has 1 saturated carbocycles. The maximum Gasteiger partial charge on any atom is 0.404 e. The van der Waals surface area contributed by atoms with Gasteiger partial charge < -0.3 is 15.5 Å². The summed E-state index contributed by atoms with van der Waals surface area (Å²) in [5, 5.41) is 19.7. The van der Waals surface area contributed by atoms with Crippen molar-refractivity contribution in [1.29, 1.82) is 0 Å². The molecular weight excluding hydrogens is 186 g/mol. The van der Waals surface area contributed by atoms with Crippen LogP contribution in [0.3, 0.4) is 0 Å².